The van der Waals surface area contributed by atoms with Crippen molar-refractivity contribution in [1.29, 1.82) is 0 Å². The van der Waals surface area contributed by atoms with Gasteiger partial charge in [0, 0.05) is 24.0 Å². The van der Waals surface area contributed by atoms with E-state index in [1.54, 1.807) is 0 Å². The number of benzene rings is 2. The third kappa shape index (κ3) is 2.36. The molecule has 1 atom stereocenters. The smallest absolute Gasteiger partial charge is 0.100 e. The summed E-state index contributed by atoms with van der Waals surface area (Å²) in [6.45, 7) is 3.78. The Balaban J connectivity index is 2.22. The van der Waals surface area contributed by atoms with Crippen LogP contribution in [0.2, 0.25) is 0 Å². The molecule has 3 heteroatoms. The second-order valence-corrected chi connectivity index (χ2v) is 5.21. The lowest BCUT2D eigenvalue weighted by Crippen LogP contribution is -2.10. The van der Waals surface area contributed by atoms with E-state index in [1.807, 2.05) is 42.1 Å². The molecule has 1 unspecified atom stereocenters. The molecule has 0 saturated heterocycles. The lowest BCUT2D eigenvalue weighted by atomic mass is 9.95. The van der Waals surface area contributed by atoms with Gasteiger partial charge in [0.2, 0.25) is 0 Å². The van der Waals surface area contributed by atoms with Crippen molar-refractivity contribution in [3.8, 4) is 11.3 Å². The highest BCUT2D eigenvalue weighted by molar-refractivity contribution is 5.94. The minimum atomic E-state index is -0.0560. The molecule has 2 N–H and O–H groups in total. The average Bonchev–Trinajstić information content (AvgIpc) is 2.85. The van der Waals surface area contributed by atoms with Gasteiger partial charge in [-0.25, -0.2) is 0 Å². The van der Waals surface area contributed by atoms with Crippen molar-refractivity contribution < 1.29 is 0 Å². The second kappa shape index (κ2) is 5.54. The van der Waals surface area contributed by atoms with Crippen LogP contribution in [0.1, 0.15) is 18.0 Å². The molecule has 21 heavy (non-hydrogen) atoms. The third-order valence-corrected chi connectivity index (χ3v) is 3.79. The molecule has 0 amide bonds. The van der Waals surface area contributed by atoms with Crippen LogP contribution in [-0.4, -0.2) is 9.78 Å². The number of para-hydroxylation sites is 1. The van der Waals surface area contributed by atoms with E-state index in [0.717, 1.165) is 34.1 Å². The molecule has 2 aromatic carbocycles. The second-order valence-electron chi connectivity index (χ2n) is 5.21. The fourth-order valence-corrected chi connectivity index (χ4v) is 2.76. The molecule has 0 spiro atoms. The van der Waals surface area contributed by atoms with E-state index in [-0.39, 0.29) is 6.04 Å². The van der Waals surface area contributed by atoms with E-state index >= 15 is 0 Å². The molecule has 0 bridgehead atoms. The van der Waals surface area contributed by atoms with Crippen LogP contribution < -0.4 is 5.73 Å². The van der Waals surface area contributed by atoms with Crippen LogP contribution in [0.15, 0.2) is 61.2 Å². The summed E-state index contributed by atoms with van der Waals surface area (Å²) < 4.78 is 1.92. The molecular formula is C18H19N3. The van der Waals surface area contributed by atoms with E-state index in [2.05, 4.69) is 30.8 Å². The van der Waals surface area contributed by atoms with Crippen molar-refractivity contribution in [3.63, 3.8) is 0 Å². The molecule has 0 radical (unpaired) electrons. The van der Waals surface area contributed by atoms with Crippen LogP contribution in [0, 0.1) is 0 Å². The van der Waals surface area contributed by atoms with Crippen molar-refractivity contribution >= 4 is 10.9 Å². The first-order valence-corrected chi connectivity index (χ1v) is 7.10. The van der Waals surface area contributed by atoms with Gasteiger partial charge in [-0.3, -0.25) is 4.68 Å². The normalized spacial score (nSPS) is 12.5. The standard InChI is InChI=1S/C18H19N3/c1-3-8-16(19)13-9-4-5-10-14(13)18-15-11-6-7-12-17(15)21(2)20-18/h3-7,9-12,16H,1,8,19H2,2H3. The Hall–Kier alpha value is -2.39. The van der Waals surface area contributed by atoms with Gasteiger partial charge in [0.25, 0.3) is 0 Å². The number of aromatic nitrogens is 2. The Kier molecular flexibility index (Phi) is 3.59. The van der Waals surface area contributed by atoms with Gasteiger partial charge in [0.15, 0.2) is 0 Å². The zero-order valence-electron chi connectivity index (χ0n) is 12.2. The molecule has 3 nitrogen and oxygen atoms in total. The minimum Gasteiger partial charge on any atom is -0.324 e. The summed E-state index contributed by atoms with van der Waals surface area (Å²) in [5, 5.41) is 5.85. The van der Waals surface area contributed by atoms with E-state index in [0.29, 0.717) is 0 Å². The van der Waals surface area contributed by atoms with Gasteiger partial charge < -0.3 is 5.73 Å². The summed E-state index contributed by atoms with van der Waals surface area (Å²) in [5.74, 6) is 0. The van der Waals surface area contributed by atoms with Crippen LogP contribution in [0.5, 0.6) is 0 Å². The van der Waals surface area contributed by atoms with Crippen LogP contribution in [-0.2, 0) is 7.05 Å². The highest BCUT2D eigenvalue weighted by Crippen LogP contribution is 2.32. The molecule has 1 aromatic heterocycles. The van der Waals surface area contributed by atoms with Gasteiger partial charge in [-0.2, -0.15) is 5.10 Å². The number of rotatable bonds is 4. The number of nitrogens with two attached hydrogens (primary N) is 1. The third-order valence-electron chi connectivity index (χ3n) is 3.79. The molecule has 0 saturated carbocycles. The maximum atomic E-state index is 6.29. The first-order valence-electron chi connectivity index (χ1n) is 7.10. The number of hydrogen-bond donors (Lipinski definition) is 1. The van der Waals surface area contributed by atoms with Gasteiger partial charge in [0.05, 0.1) is 5.52 Å². The largest absolute Gasteiger partial charge is 0.324 e. The Bertz CT molecular complexity index is 786. The topological polar surface area (TPSA) is 43.8 Å². The number of fused-ring (bicyclic) bond motifs is 1. The molecule has 0 aliphatic rings. The predicted octanol–water partition coefficient (Wildman–Crippen LogP) is 3.82. The first-order chi connectivity index (χ1) is 10.2. The van der Waals surface area contributed by atoms with Crippen LogP contribution in [0.3, 0.4) is 0 Å². The molecule has 0 aliphatic heterocycles. The minimum absolute atomic E-state index is 0.0560. The van der Waals surface area contributed by atoms with Crippen LogP contribution in [0.25, 0.3) is 22.2 Å². The van der Waals surface area contributed by atoms with Gasteiger partial charge in [-0.1, -0.05) is 48.5 Å². The molecular weight excluding hydrogens is 258 g/mol. The van der Waals surface area contributed by atoms with E-state index in [4.69, 9.17) is 10.8 Å². The molecule has 0 fully saturated rings. The molecule has 106 valence electrons. The summed E-state index contributed by atoms with van der Waals surface area (Å²) in [5.41, 5.74) is 10.6. The molecule has 0 aliphatic carbocycles. The van der Waals surface area contributed by atoms with Gasteiger partial charge in [-0.15, -0.1) is 6.58 Å². The lowest BCUT2D eigenvalue weighted by molar-refractivity contribution is 0.741. The van der Waals surface area contributed by atoms with E-state index < -0.39 is 0 Å². The monoisotopic (exact) mass is 277 g/mol. The maximum absolute atomic E-state index is 6.29. The Morgan fingerprint density at radius 3 is 2.71 bits per heavy atom. The van der Waals surface area contributed by atoms with Gasteiger partial charge in [-0.05, 0) is 18.1 Å². The highest BCUT2D eigenvalue weighted by atomic mass is 15.3. The quantitative estimate of drug-likeness (QED) is 0.737. The maximum Gasteiger partial charge on any atom is 0.100 e. The Morgan fingerprint density at radius 1 is 1.19 bits per heavy atom. The van der Waals surface area contributed by atoms with Crippen molar-refractivity contribution in [1.82, 2.24) is 9.78 Å². The Labute approximate surface area is 124 Å². The summed E-state index contributed by atoms with van der Waals surface area (Å²) in [6.07, 6.45) is 2.61. The van der Waals surface area contributed by atoms with Crippen LogP contribution in [0.4, 0.5) is 0 Å². The zero-order chi connectivity index (χ0) is 14.8. The average molecular weight is 277 g/mol. The van der Waals surface area contributed by atoms with Crippen molar-refractivity contribution in [2.75, 3.05) is 0 Å². The zero-order valence-corrected chi connectivity index (χ0v) is 12.2. The summed E-state index contributed by atoms with van der Waals surface area (Å²) in [6, 6.07) is 16.4. The number of aryl methyl sites for hydroxylation is 1. The van der Waals surface area contributed by atoms with Crippen molar-refractivity contribution in [2.45, 2.75) is 12.5 Å². The molecule has 1 heterocycles. The first kappa shape index (κ1) is 13.6. The predicted molar refractivity (Wildman–Crippen MR) is 87.9 cm³/mol. The SMILES string of the molecule is C=CCC(N)c1ccccc1-c1nn(C)c2ccccc12. The summed E-state index contributed by atoms with van der Waals surface area (Å²) in [4.78, 5) is 0. The number of hydrogen-bond acceptors (Lipinski definition) is 2. The van der Waals surface area contributed by atoms with Gasteiger partial charge in [0.1, 0.15) is 5.69 Å². The molecule has 3 aromatic rings. The summed E-state index contributed by atoms with van der Waals surface area (Å²) >= 11 is 0. The van der Waals surface area contributed by atoms with E-state index in [9.17, 15) is 0 Å². The number of nitrogens with zero attached hydrogens (tertiary/aromatic N) is 2. The van der Waals surface area contributed by atoms with E-state index in [1.165, 1.54) is 0 Å². The highest BCUT2D eigenvalue weighted by Gasteiger charge is 2.16. The van der Waals surface area contributed by atoms with Crippen molar-refractivity contribution in [2.24, 2.45) is 12.8 Å². The lowest BCUT2D eigenvalue weighted by Gasteiger charge is -2.14. The van der Waals surface area contributed by atoms with Crippen molar-refractivity contribution in [3.05, 3.63) is 66.7 Å². The van der Waals surface area contributed by atoms with Crippen LogP contribution >= 0.6 is 0 Å². The fraction of sp³-hybridized carbons (Fsp3) is 0.167. The van der Waals surface area contributed by atoms with Gasteiger partial charge >= 0.3 is 0 Å². The molecule has 3 rings (SSSR count). The summed E-state index contributed by atoms with van der Waals surface area (Å²) in [7, 11) is 1.97. The fourth-order valence-electron chi connectivity index (χ4n) is 2.76. The Morgan fingerprint density at radius 2 is 1.90 bits per heavy atom.